The Morgan fingerprint density at radius 1 is 0.893 bits per heavy atom. The van der Waals surface area contributed by atoms with Crippen molar-refractivity contribution in [2.75, 3.05) is 0 Å². The van der Waals surface area contributed by atoms with Crippen molar-refractivity contribution >= 4 is 5.97 Å². The zero-order chi connectivity index (χ0) is 20.5. The Labute approximate surface area is 173 Å². The molecule has 1 aliphatic heterocycles. The van der Waals surface area contributed by atoms with Crippen molar-refractivity contribution in [3.05, 3.63) is 12.7 Å². The second-order valence-corrected chi connectivity index (χ2v) is 8.20. The van der Waals surface area contributed by atoms with E-state index >= 15 is 0 Å². The van der Waals surface area contributed by atoms with Gasteiger partial charge < -0.3 is 9.84 Å². The highest BCUT2D eigenvalue weighted by Gasteiger charge is 2.40. The van der Waals surface area contributed by atoms with Gasteiger partial charge in [-0.25, -0.2) is 0 Å². The second kappa shape index (κ2) is 16.7. The maximum Gasteiger partial charge on any atom is 0.312 e. The van der Waals surface area contributed by atoms with Gasteiger partial charge in [-0.05, 0) is 39.0 Å². The summed E-state index contributed by atoms with van der Waals surface area (Å²) in [7, 11) is 0. The van der Waals surface area contributed by atoms with Crippen LogP contribution in [0.15, 0.2) is 12.7 Å². The quantitative estimate of drug-likeness (QED) is 0.145. The largest absolute Gasteiger partial charge is 0.460 e. The van der Waals surface area contributed by atoms with Gasteiger partial charge in [-0.15, -0.1) is 18.4 Å². The van der Waals surface area contributed by atoms with Crippen LogP contribution in [0, 0.1) is 17.8 Å². The fraction of sp³-hybridized carbons (Fsp3) is 0.800. The van der Waals surface area contributed by atoms with Crippen LogP contribution in [0.4, 0.5) is 0 Å². The summed E-state index contributed by atoms with van der Waals surface area (Å²) in [5, 5.41) is 9.91. The van der Waals surface area contributed by atoms with Crippen LogP contribution in [0.3, 0.4) is 0 Å². The van der Waals surface area contributed by atoms with Crippen molar-refractivity contribution in [1.29, 1.82) is 0 Å². The van der Waals surface area contributed by atoms with E-state index in [2.05, 4.69) is 18.4 Å². The number of rotatable bonds is 16. The lowest BCUT2D eigenvalue weighted by Crippen LogP contribution is -2.24. The van der Waals surface area contributed by atoms with E-state index in [0.717, 1.165) is 38.5 Å². The molecule has 0 amide bonds. The van der Waals surface area contributed by atoms with Gasteiger partial charge in [0.25, 0.3) is 0 Å². The molecule has 1 rings (SSSR count). The van der Waals surface area contributed by atoms with Gasteiger partial charge in [-0.3, -0.25) is 4.79 Å². The third kappa shape index (κ3) is 11.5. The molecule has 28 heavy (non-hydrogen) atoms. The number of ether oxygens (including phenoxy) is 1. The molecule has 0 saturated carbocycles. The minimum atomic E-state index is -0.613. The van der Waals surface area contributed by atoms with Crippen LogP contribution < -0.4 is 0 Å². The first kappa shape index (κ1) is 24.8. The molecule has 160 valence electrons. The predicted molar refractivity (Wildman–Crippen MR) is 117 cm³/mol. The summed E-state index contributed by atoms with van der Waals surface area (Å²) >= 11 is 0. The maximum atomic E-state index is 11.6. The maximum absolute atomic E-state index is 11.6. The number of cyclic esters (lactones) is 1. The number of esters is 1. The Kier molecular flexibility index (Phi) is 14.7. The van der Waals surface area contributed by atoms with Crippen molar-refractivity contribution in [3.63, 3.8) is 0 Å². The van der Waals surface area contributed by atoms with E-state index in [-0.39, 0.29) is 18.0 Å². The summed E-state index contributed by atoms with van der Waals surface area (Å²) in [6.07, 6.45) is 19.9. The van der Waals surface area contributed by atoms with Crippen molar-refractivity contribution in [2.45, 2.75) is 122 Å². The lowest BCUT2D eigenvalue weighted by atomic mass is 9.95. The van der Waals surface area contributed by atoms with Gasteiger partial charge >= 0.3 is 5.97 Å². The van der Waals surface area contributed by atoms with Gasteiger partial charge in [0.2, 0.25) is 0 Å². The fourth-order valence-electron chi connectivity index (χ4n) is 3.77. The molecule has 1 saturated heterocycles. The van der Waals surface area contributed by atoms with Crippen LogP contribution in [0.1, 0.15) is 110 Å². The zero-order valence-electron chi connectivity index (χ0n) is 18.1. The number of hydrogen-bond acceptors (Lipinski definition) is 3. The SMILES string of the molecule is C=CCCCCCCC#CCCCCCCCCCC[C@@H]1C(=O)O[C@H](C)[C@@H]1O. The Balaban J connectivity index is 1.81. The third-order valence-corrected chi connectivity index (χ3v) is 5.65. The molecule has 3 heteroatoms. The third-order valence-electron chi connectivity index (χ3n) is 5.65. The molecule has 0 aromatic carbocycles. The molecule has 0 unspecified atom stereocenters. The van der Waals surface area contributed by atoms with Gasteiger partial charge in [0.15, 0.2) is 0 Å². The molecule has 0 bridgehead atoms. The number of unbranched alkanes of at least 4 members (excludes halogenated alkanes) is 13. The number of carbonyl (C=O) groups is 1. The van der Waals surface area contributed by atoms with Crippen LogP contribution >= 0.6 is 0 Å². The number of carbonyl (C=O) groups excluding carboxylic acids is 1. The number of aliphatic hydroxyl groups excluding tert-OH is 1. The second-order valence-electron chi connectivity index (χ2n) is 8.20. The van der Waals surface area contributed by atoms with Crippen LogP contribution in [0.5, 0.6) is 0 Å². The first-order valence-electron chi connectivity index (χ1n) is 11.6. The lowest BCUT2D eigenvalue weighted by Gasteiger charge is -2.11. The Hall–Kier alpha value is -1.27. The fourth-order valence-corrected chi connectivity index (χ4v) is 3.77. The lowest BCUT2D eigenvalue weighted by molar-refractivity contribution is -0.143. The molecule has 0 radical (unpaired) electrons. The average Bonchev–Trinajstić information content (AvgIpc) is 2.92. The van der Waals surface area contributed by atoms with E-state index in [1.54, 1.807) is 6.92 Å². The molecule has 1 aliphatic rings. The Bertz CT molecular complexity index is 474. The van der Waals surface area contributed by atoms with E-state index in [9.17, 15) is 9.90 Å². The minimum Gasteiger partial charge on any atom is -0.460 e. The molecule has 3 nitrogen and oxygen atoms in total. The first-order chi connectivity index (χ1) is 13.7. The zero-order valence-corrected chi connectivity index (χ0v) is 18.1. The molecule has 0 spiro atoms. The molecular weight excluding hydrogens is 348 g/mol. The molecule has 3 atom stereocenters. The molecule has 0 aliphatic carbocycles. The summed E-state index contributed by atoms with van der Waals surface area (Å²) in [4.78, 5) is 11.6. The Morgan fingerprint density at radius 3 is 1.89 bits per heavy atom. The normalized spacial score (nSPS) is 21.2. The molecule has 0 aromatic heterocycles. The van der Waals surface area contributed by atoms with E-state index in [1.807, 2.05) is 6.08 Å². The molecular formula is C25H42O3. The van der Waals surface area contributed by atoms with Gasteiger partial charge in [-0.2, -0.15) is 0 Å². The summed E-state index contributed by atoms with van der Waals surface area (Å²) in [5.74, 6) is 6.12. The van der Waals surface area contributed by atoms with Crippen molar-refractivity contribution in [1.82, 2.24) is 0 Å². The number of aliphatic hydroxyl groups is 1. The number of hydrogen-bond donors (Lipinski definition) is 1. The van der Waals surface area contributed by atoms with Crippen LogP contribution in [-0.2, 0) is 9.53 Å². The van der Waals surface area contributed by atoms with Gasteiger partial charge in [0.05, 0.1) is 5.92 Å². The van der Waals surface area contributed by atoms with Crippen molar-refractivity contribution in [3.8, 4) is 11.8 Å². The van der Waals surface area contributed by atoms with Gasteiger partial charge in [0, 0.05) is 12.8 Å². The van der Waals surface area contributed by atoms with E-state index in [1.165, 1.54) is 64.2 Å². The molecule has 0 aromatic rings. The van der Waals surface area contributed by atoms with Crippen molar-refractivity contribution in [2.24, 2.45) is 5.92 Å². The number of allylic oxidation sites excluding steroid dienone is 1. The predicted octanol–water partition coefficient (Wildman–Crippen LogP) is 6.34. The summed E-state index contributed by atoms with van der Waals surface area (Å²) in [5.41, 5.74) is 0. The topological polar surface area (TPSA) is 46.5 Å². The van der Waals surface area contributed by atoms with E-state index < -0.39 is 6.10 Å². The minimum absolute atomic E-state index is 0.216. The van der Waals surface area contributed by atoms with E-state index in [0.29, 0.717) is 0 Å². The highest BCUT2D eigenvalue weighted by molar-refractivity contribution is 5.75. The molecule has 1 N–H and O–H groups in total. The van der Waals surface area contributed by atoms with Crippen LogP contribution in [0.25, 0.3) is 0 Å². The van der Waals surface area contributed by atoms with Gasteiger partial charge in [0.1, 0.15) is 12.2 Å². The summed E-state index contributed by atoms with van der Waals surface area (Å²) in [6, 6.07) is 0. The van der Waals surface area contributed by atoms with Crippen LogP contribution in [0.2, 0.25) is 0 Å². The van der Waals surface area contributed by atoms with Gasteiger partial charge in [-0.1, -0.05) is 63.9 Å². The first-order valence-corrected chi connectivity index (χ1v) is 11.6. The smallest absolute Gasteiger partial charge is 0.312 e. The molecule has 1 heterocycles. The summed E-state index contributed by atoms with van der Waals surface area (Å²) in [6.45, 7) is 5.51. The van der Waals surface area contributed by atoms with E-state index in [4.69, 9.17) is 4.74 Å². The van der Waals surface area contributed by atoms with Crippen molar-refractivity contribution < 1.29 is 14.6 Å². The van der Waals surface area contributed by atoms with Crippen LogP contribution in [-0.4, -0.2) is 23.3 Å². The monoisotopic (exact) mass is 390 g/mol. The highest BCUT2D eigenvalue weighted by Crippen LogP contribution is 2.26. The average molecular weight is 391 g/mol. The molecule has 1 fully saturated rings. The highest BCUT2D eigenvalue weighted by atomic mass is 16.6. The summed E-state index contributed by atoms with van der Waals surface area (Å²) < 4.78 is 5.07. The standard InChI is InChI=1S/C25H42O3/c1-3-4-5-6-7-8-9-10-11-12-13-14-15-16-17-18-19-20-21-23-24(26)22(2)28-25(23)27/h3,22-24,26H,1,4-9,12-21H2,2H3/t22-,23+,24+/m1/s1. The Morgan fingerprint density at radius 2 is 1.39 bits per heavy atom.